The van der Waals surface area contributed by atoms with Crippen LogP contribution in [0, 0.1) is 11.6 Å². The van der Waals surface area contributed by atoms with E-state index in [-0.39, 0.29) is 20.8 Å². The molecule has 4 nitrogen and oxygen atoms in total. The smallest absolute Gasteiger partial charge is 0.232 e. The molecule has 0 N–H and O–H groups in total. The van der Waals surface area contributed by atoms with Crippen LogP contribution in [0.25, 0.3) is 0 Å². The molecular weight excluding hydrogens is 330 g/mol. The van der Waals surface area contributed by atoms with Gasteiger partial charge in [0.15, 0.2) is 8.68 Å². The molecule has 0 aliphatic rings. The van der Waals surface area contributed by atoms with Crippen LogP contribution in [0.5, 0.6) is 0 Å². The standard InChI is InChI=1S/C11H9ClF2N2O2S2/c1-16(6-7-2-3-8(13)4-9(7)14)20(17,18)10-5-15-11(12)19-10/h2-5H,6H2,1H3. The Hall–Kier alpha value is -1.09. The zero-order valence-electron chi connectivity index (χ0n) is 10.2. The molecule has 20 heavy (non-hydrogen) atoms. The minimum Gasteiger partial charge on any atom is -0.232 e. The maximum absolute atomic E-state index is 13.5. The van der Waals surface area contributed by atoms with Crippen molar-refractivity contribution >= 4 is 33.0 Å². The van der Waals surface area contributed by atoms with E-state index in [0.717, 1.165) is 27.9 Å². The van der Waals surface area contributed by atoms with Gasteiger partial charge in [-0.1, -0.05) is 29.0 Å². The van der Waals surface area contributed by atoms with Gasteiger partial charge in [-0.05, 0) is 6.07 Å². The Kier molecular flexibility index (Phi) is 4.38. The Morgan fingerprint density at radius 3 is 2.65 bits per heavy atom. The summed E-state index contributed by atoms with van der Waals surface area (Å²) in [6.07, 6.45) is 1.14. The van der Waals surface area contributed by atoms with Crippen molar-refractivity contribution < 1.29 is 17.2 Å². The first-order valence-corrected chi connectivity index (χ1v) is 7.96. The van der Waals surface area contributed by atoms with E-state index >= 15 is 0 Å². The SMILES string of the molecule is CN(Cc1ccc(F)cc1F)S(=O)(=O)c1cnc(Cl)s1. The van der Waals surface area contributed by atoms with Crippen LogP contribution in [-0.4, -0.2) is 24.8 Å². The van der Waals surface area contributed by atoms with Gasteiger partial charge in [0.05, 0.1) is 6.20 Å². The third-order valence-corrected chi connectivity index (χ3v) is 5.88. The Labute approximate surface area is 123 Å². The van der Waals surface area contributed by atoms with Gasteiger partial charge in [0.1, 0.15) is 11.6 Å². The molecule has 0 saturated heterocycles. The van der Waals surface area contributed by atoms with E-state index < -0.39 is 21.7 Å². The van der Waals surface area contributed by atoms with Crippen molar-refractivity contribution in [2.45, 2.75) is 10.8 Å². The molecule has 0 aliphatic carbocycles. The molecule has 1 heterocycles. The number of aromatic nitrogens is 1. The number of rotatable bonds is 4. The summed E-state index contributed by atoms with van der Waals surface area (Å²) in [6, 6.07) is 2.98. The number of benzene rings is 1. The minimum atomic E-state index is -3.80. The van der Waals surface area contributed by atoms with Gasteiger partial charge >= 0.3 is 0 Å². The van der Waals surface area contributed by atoms with Crippen LogP contribution in [0.1, 0.15) is 5.56 Å². The second-order valence-corrected chi connectivity index (χ2v) is 7.81. The second-order valence-electron chi connectivity index (χ2n) is 3.93. The number of hydrogen-bond donors (Lipinski definition) is 0. The maximum atomic E-state index is 13.5. The predicted molar refractivity (Wildman–Crippen MR) is 72.1 cm³/mol. The molecule has 1 aromatic carbocycles. The Bertz CT molecular complexity index is 734. The summed E-state index contributed by atoms with van der Waals surface area (Å²) in [5.74, 6) is -1.51. The summed E-state index contributed by atoms with van der Waals surface area (Å²) < 4.78 is 51.7. The van der Waals surface area contributed by atoms with Gasteiger partial charge in [0.2, 0.25) is 0 Å². The normalized spacial score (nSPS) is 12.1. The summed E-state index contributed by atoms with van der Waals surface area (Å²) >= 11 is 6.41. The van der Waals surface area contributed by atoms with Crippen molar-refractivity contribution in [3.8, 4) is 0 Å². The Morgan fingerprint density at radius 2 is 2.10 bits per heavy atom. The highest BCUT2D eigenvalue weighted by atomic mass is 35.5. The Morgan fingerprint density at radius 1 is 1.40 bits per heavy atom. The quantitative estimate of drug-likeness (QED) is 0.861. The molecule has 1 aromatic heterocycles. The lowest BCUT2D eigenvalue weighted by molar-refractivity contribution is 0.456. The van der Waals surface area contributed by atoms with E-state index in [4.69, 9.17) is 11.6 Å². The molecule has 0 aliphatic heterocycles. The van der Waals surface area contributed by atoms with Crippen molar-refractivity contribution in [2.24, 2.45) is 0 Å². The first-order valence-electron chi connectivity index (χ1n) is 5.32. The number of sulfonamides is 1. The van der Waals surface area contributed by atoms with Crippen molar-refractivity contribution in [2.75, 3.05) is 7.05 Å². The Balaban J connectivity index is 2.25. The number of hydrogen-bond acceptors (Lipinski definition) is 4. The fourth-order valence-corrected chi connectivity index (χ4v) is 4.14. The van der Waals surface area contributed by atoms with Crippen LogP contribution < -0.4 is 0 Å². The molecule has 0 fully saturated rings. The molecule has 0 bridgehead atoms. The molecule has 2 rings (SSSR count). The highest BCUT2D eigenvalue weighted by molar-refractivity contribution is 7.91. The number of halogens is 3. The zero-order chi connectivity index (χ0) is 14.9. The van der Waals surface area contributed by atoms with E-state index in [1.54, 1.807) is 0 Å². The van der Waals surface area contributed by atoms with Crippen LogP contribution in [0.2, 0.25) is 4.47 Å². The van der Waals surface area contributed by atoms with Crippen molar-refractivity contribution in [1.82, 2.24) is 9.29 Å². The van der Waals surface area contributed by atoms with Crippen LogP contribution >= 0.6 is 22.9 Å². The van der Waals surface area contributed by atoms with Gasteiger partial charge in [-0.3, -0.25) is 0 Å². The van der Waals surface area contributed by atoms with Crippen molar-refractivity contribution in [1.29, 1.82) is 0 Å². The zero-order valence-corrected chi connectivity index (χ0v) is 12.6. The number of nitrogens with zero attached hydrogens (tertiary/aromatic N) is 2. The van der Waals surface area contributed by atoms with Gasteiger partial charge in [0.25, 0.3) is 10.0 Å². The van der Waals surface area contributed by atoms with Crippen molar-refractivity contribution in [3.63, 3.8) is 0 Å². The lowest BCUT2D eigenvalue weighted by Gasteiger charge is -2.16. The van der Waals surface area contributed by atoms with Gasteiger partial charge in [-0.2, -0.15) is 4.31 Å². The largest absolute Gasteiger partial charge is 0.254 e. The van der Waals surface area contributed by atoms with Crippen LogP contribution in [0.3, 0.4) is 0 Å². The van der Waals surface area contributed by atoms with Crippen LogP contribution in [0.15, 0.2) is 28.6 Å². The first-order chi connectivity index (χ1) is 9.30. The minimum absolute atomic E-state index is 0.0347. The van der Waals surface area contributed by atoms with E-state index in [1.807, 2.05) is 0 Å². The summed E-state index contributed by atoms with van der Waals surface area (Å²) in [5.41, 5.74) is 0.0769. The van der Waals surface area contributed by atoms with E-state index in [2.05, 4.69) is 4.98 Å². The van der Waals surface area contributed by atoms with Gasteiger partial charge < -0.3 is 0 Å². The fourth-order valence-electron chi connectivity index (χ4n) is 1.49. The second kappa shape index (κ2) is 5.72. The molecular formula is C11H9ClF2N2O2S2. The number of thiazole rings is 1. The summed E-state index contributed by atoms with van der Waals surface area (Å²) in [6.45, 7) is -0.218. The third-order valence-electron chi connectivity index (χ3n) is 2.53. The maximum Gasteiger partial charge on any atom is 0.254 e. The van der Waals surface area contributed by atoms with Crippen LogP contribution in [0.4, 0.5) is 8.78 Å². The summed E-state index contributed by atoms with van der Waals surface area (Å²) in [4.78, 5) is 3.66. The average molecular weight is 339 g/mol. The highest BCUT2D eigenvalue weighted by Crippen LogP contribution is 2.26. The molecule has 0 atom stereocenters. The predicted octanol–water partition coefficient (Wildman–Crippen LogP) is 2.90. The summed E-state index contributed by atoms with van der Waals surface area (Å²) in [5, 5.41) is 0. The summed E-state index contributed by atoms with van der Waals surface area (Å²) in [7, 11) is -2.50. The van der Waals surface area contributed by atoms with E-state index in [1.165, 1.54) is 13.1 Å². The molecule has 0 amide bonds. The fraction of sp³-hybridized carbons (Fsp3) is 0.182. The monoisotopic (exact) mass is 338 g/mol. The van der Waals surface area contributed by atoms with Gasteiger partial charge in [0, 0.05) is 25.2 Å². The van der Waals surface area contributed by atoms with Crippen molar-refractivity contribution in [3.05, 3.63) is 46.1 Å². The van der Waals surface area contributed by atoms with Gasteiger partial charge in [-0.25, -0.2) is 22.2 Å². The molecule has 0 unspecified atom stereocenters. The molecule has 0 saturated carbocycles. The van der Waals surface area contributed by atoms with Crippen LogP contribution in [-0.2, 0) is 16.6 Å². The molecule has 0 radical (unpaired) electrons. The van der Waals surface area contributed by atoms with E-state index in [9.17, 15) is 17.2 Å². The topological polar surface area (TPSA) is 50.3 Å². The van der Waals surface area contributed by atoms with Gasteiger partial charge in [-0.15, -0.1) is 0 Å². The average Bonchev–Trinajstić information content (AvgIpc) is 2.80. The highest BCUT2D eigenvalue weighted by Gasteiger charge is 2.24. The lowest BCUT2D eigenvalue weighted by Crippen LogP contribution is -2.26. The molecule has 2 aromatic rings. The molecule has 108 valence electrons. The third kappa shape index (κ3) is 3.14. The lowest BCUT2D eigenvalue weighted by atomic mass is 10.2. The molecule has 9 heteroatoms. The molecule has 0 spiro atoms. The first kappa shape index (κ1) is 15.3. The van der Waals surface area contributed by atoms with E-state index in [0.29, 0.717) is 6.07 Å².